The zero-order chi connectivity index (χ0) is 16.9. The number of nitrogens with one attached hydrogen (secondary N) is 1. The van der Waals surface area contributed by atoms with Crippen molar-refractivity contribution in [1.29, 1.82) is 0 Å². The summed E-state index contributed by atoms with van der Waals surface area (Å²) < 4.78 is 10.6. The molecule has 6 heteroatoms. The van der Waals surface area contributed by atoms with Crippen LogP contribution >= 0.6 is 11.8 Å². The molecule has 0 aromatic heterocycles. The molecular weight excluding hydrogens is 324 g/mol. The number of para-hydroxylation sites is 1. The van der Waals surface area contributed by atoms with Crippen LogP contribution in [0.1, 0.15) is 5.56 Å². The molecule has 1 aliphatic heterocycles. The lowest BCUT2D eigenvalue weighted by Gasteiger charge is -2.07. The van der Waals surface area contributed by atoms with Crippen LogP contribution in [0.4, 0.5) is 5.69 Å². The van der Waals surface area contributed by atoms with Crippen molar-refractivity contribution in [3.63, 3.8) is 0 Å². The number of amides is 1. The van der Waals surface area contributed by atoms with Gasteiger partial charge in [-0.1, -0.05) is 18.2 Å². The highest BCUT2D eigenvalue weighted by atomic mass is 32.2. The standard InChI is InChI=1S/C18H16N2O3S/c1-22-14-8-9-15(23-2)12(10-14)11-16-17(21)20-18(24-16)19-13-6-4-3-5-7-13/h3-11H,1-2H3,(H,19,20,21)/b16-11-. The average Bonchev–Trinajstić information content (AvgIpc) is 2.94. The third kappa shape index (κ3) is 3.60. The van der Waals surface area contributed by atoms with Crippen LogP contribution in [0.5, 0.6) is 11.5 Å². The molecule has 0 aliphatic carbocycles. The maximum absolute atomic E-state index is 12.2. The Morgan fingerprint density at radius 1 is 1.08 bits per heavy atom. The third-order valence-electron chi connectivity index (χ3n) is 3.36. The monoisotopic (exact) mass is 340 g/mol. The van der Waals surface area contributed by atoms with Gasteiger partial charge >= 0.3 is 0 Å². The Morgan fingerprint density at radius 2 is 1.88 bits per heavy atom. The summed E-state index contributed by atoms with van der Waals surface area (Å²) in [6.45, 7) is 0. The van der Waals surface area contributed by atoms with Crippen molar-refractivity contribution in [2.45, 2.75) is 0 Å². The normalized spacial score (nSPS) is 17.2. The summed E-state index contributed by atoms with van der Waals surface area (Å²) in [5, 5.41) is 3.33. The van der Waals surface area contributed by atoms with Gasteiger partial charge in [-0.25, -0.2) is 4.99 Å². The third-order valence-corrected chi connectivity index (χ3v) is 4.27. The second kappa shape index (κ2) is 7.23. The Morgan fingerprint density at radius 3 is 2.58 bits per heavy atom. The maximum Gasteiger partial charge on any atom is 0.264 e. The molecule has 1 aliphatic rings. The van der Waals surface area contributed by atoms with E-state index in [2.05, 4.69) is 10.3 Å². The number of thioether (sulfide) groups is 1. The summed E-state index contributed by atoms with van der Waals surface area (Å²) in [5.41, 5.74) is 1.57. The fraction of sp³-hybridized carbons (Fsp3) is 0.111. The van der Waals surface area contributed by atoms with Crippen molar-refractivity contribution in [3.8, 4) is 11.5 Å². The largest absolute Gasteiger partial charge is 0.497 e. The van der Waals surface area contributed by atoms with E-state index in [0.717, 1.165) is 11.3 Å². The van der Waals surface area contributed by atoms with Crippen LogP contribution in [0.15, 0.2) is 58.4 Å². The molecule has 1 fully saturated rings. The number of hydrogen-bond donors (Lipinski definition) is 1. The zero-order valence-electron chi connectivity index (χ0n) is 13.3. The summed E-state index contributed by atoms with van der Waals surface area (Å²) in [6.07, 6.45) is 1.77. The van der Waals surface area contributed by atoms with Gasteiger partial charge in [0.2, 0.25) is 0 Å². The first kappa shape index (κ1) is 16.1. The van der Waals surface area contributed by atoms with E-state index in [1.54, 1.807) is 20.3 Å². The van der Waals surface area contributed by atoms with E-state index >= 15 is 0 Å². The van der Waals surface area contributed by atoms with Gasteiger partial charge in [0.25, 0.3) is 5.91 Å². The van der Waals surface area contributed by atoms with Gasteiger partial charge in [-0.2, -0.15) is 0 Å². The number of amidine groups is 1. The fourth-order valence-corrected chi connectivity index (χ4v) is 3.03. The molecule has 0 bridgehead atoms. The summed E-state index contributed by atoms with van der Waals surface area (Å²) in [5.74, 6) is 1.19. The first-order valence-electron chi connectivity index (χ1n) is 7.26. The molecule has 1 heterocycles. The minimum Gasteiger partial charge on any atom is -0.497 e. The molecule has 2 aromatic carbocycles. The Hall–Kier alpha value is -2.73. The topological polar surface area (TPSA) is 59.9 Å². The minimum atomic E-state index is -0.181. The number of methoxy groups -OCH3 is 2. The van der Waals surface area contributed by atoms with Gasteiger partial charge in [-0.3, -0.25) is 4.79 Å². The number of carbonyl (C=O) groups is 1. The van der Waals surface area contributed by atoms with Crippen molar-refractivity contribution in [1.82, 2.24) is 5.32 Å². The van der Waals surface area contributed by atoms with Crippen molar-refractivity contribution >= 4 is 34.6 Å². The van der Waals surface area contributed by atoms with Crippen LogP contribution in [0, 0.1) is 0 Å². The second-order valence-corrected chi connectivity index (χ2v) is 5.96. The Labute approximate surface area is 144 Å². The van der Waals surface area contributed by atoms with E-state index in [0.29, 0.717) is 21.6 Å². The van der Waals surface area contributed by atoms with Gasteiger partial charge in [-0.15, -0.1) is 0 Å². The molecule has 122 valence electrons. The first-order valence-corrected chi connectivity index (χ1v) is 8.08. The summed E-state index contributed by atoms with van der Waals surface area (Å²) >= 11 is 1.30. The molecule has 0 radical (unpaired) electrons. The van der Waals surface area contributed by atoms with Gasteiger partial charge in [0.15, 0.2) is 5.17 Å². The van der Waals surface area contributed by atoms with E-state index in [4.69, 9.17) is 9.47 Å². The highest BCUT2D eigenvalue weighted by Gasteiger charge is 2.24. The zero-order valence-corrected chi connectivity index (χ0v) is 14.1. The number of ether oxygens (including phenoxy) is 2. The van der Waals surface area contributed by atoms with E-state index in [1.807, 2.05) is 48.5 Å². The lowest BCUT2D eigenvalue weighted by Crippen LogP contribution is -2.19. The predicted octanol–water partition coefficient (Wildman–Crippen LogP) is 3.60. The number of benzene rings is 2. The number of aliphatic imine (C=N–C) groups is 1. The van der Waals surface area contributed by atoms with Crippen LogP contribution in [-0.4, -0.2) is 25.3 Å². The van der Waals surface area contributed by atoms with E-state index in [-0.39, 0.29) is 5.91 Å². The van der Waals surface area contributed by atoms with Gasteiger partial charge in [-0.05, 0) is 48.2 Å². The summed E-state index contributed by atoms with van der Waals surface area (Å²) in [4.78, 5) is 17.2. The molecule has 0 unspecified atom stereocenters. The Balaban J connectivity index is 1.89. The van der Waals surface area contributed by atoms with Crippen molar-refractivity contribution in [2.24, 2.45) is 4.99 Å². The summed E-state index contributed by atoms with van der Waals surface area (Å²) in [6, 6.07) is 14.9. The molecule has 24 heavy (non-hydrogen) atoms. The lowest BCUT2D eigenvalue weighted by atomic mass is 10.1. The molecule has 5 nitrogen and oxygen atoms in total. The Kier molecular flexibility index (Phi) is 4.86. The van der Waals surface area contributed by atoms with Gasteiger partial charge in [0.05, 0.1) is 24.8 Å². The molecule has 0 atom stereocenters. The maximum atomic E-state index is 12.2. The van der Waals surface area contributed by atoms with E-state index < -0.39 is 0 Å². The van der Waals surface area contributed by atoms with Gasteiger partial charge in [0.1, 0.15) is 11.5 Å². The molecule has 1 amide bonds. The number of carbonyl (C=O) groups excluding carboxylic acids is 1. The van der Waals surface area contributed by atoms with Crippen molar-refractivity contribution in [2.75, 3.05) is 14.2 Å². The molecule has 1 saturated heterocycles. The average molecular weight is 340 g/mol. The highest BCUT2D eigenvalue weighted by Crippen LogP contribution is 2.32. The van der Waals surface area contributed by atoms with Crippen molar-refractivity contribution < 1.29 is 14.3 Å². The van der Waals surface area contributed by atoms with Crippen LogP contribution in [0.2, 0.25) is 0 Å². The Bertz CT molecular complexity index is 816. The highest BCUT2D eigenvalue weighted by molar-refractivity contribution is 8.18. The van der Waals surface area contributed by atoms with Crippen LogP contribution in [-0.2, 0) is 4.79 Å². The molecule has 1 N–H and O–H groups in total. The number of rotatable bonds is 4. The van der Waals surface area contributed by atoms with Crippen LogP contribution in [0.25, 0.3) is 6.08 Å². The molecule has 0 spiro atoms. The van der Waals surface area contributed by atoms with E-state index in [9.17, 15) is 4.79 Å². The van der Waals surface area contributed by atoms with Crippen LogP contribution < -0.4 is 14.8 Å². The molecular formula is C18H16N2O3S. The van der Waals surface area contributed by atoms with Crippen molar-refractivity contribution in [3.05, 3.63) is 59.0 Å². The fourth-order valence-electron chi connectivity index (χ4n) is 2.19. The first-order chi connectivity index (χ1) is 11.7. The SMILES string of the molecule is COc1ccc(OC)c(/C=C2\SC(=Nc3ccccc3)NC2=O)c1. The number of nitrogens with zero attached hydrogens (tertiary/aromatic N) is 1. The minimum absolute atomic E-state index is 0.181. The second-order valence-electron chi connectivity index (χ2n) is 4.93. The van der Waals surface area contributed by atoms with Gasteiger partial charge < -0.3 is 14.8 Å². The smallest absolute Gasteiger partial charge is 0.264 e. The molecule has 0 saturated carbocycles. The quantitative estimate of drug-likeness (QED) is 0.864. The van der Waals surface area contributed by atoms with Crippen LogP contribution in [0.3, 0.4) is 0 Å². The van der Waals surface area contributed by atoms with E-state index in [1.165, 1.54) is 11.8 Å². The molecule has 3 rings (SSSR count). The molecule has 2 aromatic rings. The number of hydrogen-bond acceptors (Lipinski definition) is 5. The summed E-state index contributed by atoms with van der Waals surface area (Å²) in [7, 11) is 3.19. The predicted molar refractivity (Wildman–Crippen MR) is 96.8 cm³/mol. The lowest BCUT2D eigenvalue weighted by molar-refractivity contribution is -0.115. The van der Waals surface area contributed by atoms with Gasteiger partial charge in [0, 0.05) is 5.56 Å².